The zero-order chi connectivity index (χ0) is 21.6. The van der Waals surface area contributed by atoms with Crippen molar-refractivity contribution < 1.29 is 9.72 Å². The van der Waals surface area contributed by atoms with Crippen LogP contribution in [-0.4, -0.2) is 33.8 Å². The third-order valence-corrected chi connectivity index (χ3v) is 7.28. The normalized spacial score (nSPS) is 14.8. The van der Waals surface area contributed by atoms with Gasteiger partial charge >= 0.3 is 0 Å². The van der Waals surface area contributed by atoms with E-state index >= 15 is 0 Å². The molecule has 1 aliphatic rings. The van der Waals surface area contributed by atoms with Crippen LogP contribution in [0.2, 0.25) is 0 Å². The lowest BCUT2D eigenvalue weighted by molar-refractivity contribution is -0.384. The molecule has 4 rings (SSSR count). The molecular weight excluding hydrogens is 432 g/mol. The number of hydrogen-bond acceptors (Lipinski definition) is 7. The maximum Gasteiger partial charge on any atom is 0.269 e. The van der Waals surface area contributed by atoms with Crippen molar-refractivity contribution in [1.82, 2.24) is 10.3 Å². The van der Waals surface area contributed by atoms with Gasteiger partial charge in [-0.3, -0.25) is 19.9 Å². The monoisotopic (exact) mass is 454 g/mol. The molecule has 160 valence electrons. The predicted molar refractivity (Wildman–Crippen MR) is 126 cm³/mol. The number of nitrogens with one attached hydrogen (secondary N) is 1. The molecule has 1 amide bonds. The minimum atomic E-state index is -0.423. The second-order valence-electron chi connectivity index (χ2n) is 7.43. The summed E-state index contributed by atoms with van der Waals surface area (Å²) in [6, 6.07) is 12.3. The molecule has 0 aliphatic heterocycles. The summed E-state index contributed by atoms with van der Waals surface area (Å²) in [4.78, 5) is 31.6. The number of benzene rings is 2. The lowest BCUT2D eigenvalue weighted by Gasteiger charge is -2.22. The van der Waals surface area contributed by atoms with Crippen molar-refractivity contribution in [2.24, 2.45) is 4.99 Å². The van der Waals surface area contributed by atoms with Crippen molar-refractivity contribution in [2.75, 3.05) is 5.75 Å². The van der Waals surface area contributed by atoms with Crippen LogP contribution in [0.1, 0.15) is 37.7 Å². The second kappa shape index (κ2) is 10.0. The highest BCUT2D eigenvalue weighted by Crippen LogP contribution is 2.32. The lowest BCUT2D eigenvalue weighted by atomic mass is 9.95. The summed E-state index contributed by atoms with van der Waals surface area (Å²) in [5.41, 5.74) is 2.51. The highest BCUT2D eigenvalue weighted by molar-refractivity contribution is 8.01. The van der Waals surface area contributed by atoms with E-state index in [0.29, 0.717) is 11.8 Å². The number of thiazole rings is 1. The second-order valence-corrected chi connectivity index (χ2v) is 9.68. The number of hydrogen-bond donors (Lipinski definition) is 1. The molecule has 0 bridgehead atoms. The van der Waals surface area contributed by atoms with Crippen molar-refractivity contribution in [3.63, 3.8) is 0 Å². The van der Waals surface area contributed by atoms with Gasteiger partial charge in [0.25, 0.3) is 5.69 Å². The van der Waals surface area contributed by atoms with Crippen LogP contribution < -0.4 is 5.32 Å². The minimum Gasteiger partial charge on any atom is -0.353 e. The molecule has 0 spiro atoms. The van der Waals surface area contributed by atoms with Crippen LogP contribution in [0.25, 0.3) is 10.2 Å². The Morgan fingerprint density at radius 2 is 2.00 bits per heavy atom. The van der Waals surface area contributed by atoms with Gasteiger partial charge in [0.15, 0.2) is 4.34 Å². The van der Waals surface area contributed by atoms with E-state index in [0.717, 1.165) is 38.6 Å². The van der Waals surface area contributed by atoms with Crippen LogP contribution in [0.15, 0.2) is 51.8 Å². The quantitative estimate of drug-likeness (QED) is 0.220. The van der Waals surface area contributed by atoms with Crippen LogP contribution in [0.3, 0.4) is 0 Å². The molecule has 1 aliphatic carbocycles. The van der Waals surface area contributed by atoms with Crippen LogP contribution in [0, 0.1) is 10.1 Å². The van der Waals surface area contributed by atoms with Crippen molar-refractivity contribution in [3.8, 4) is 0 Å². The van der Waals surface area contributed by atoms with E-state index < -0.39 is 4.92 Å². The molecule has 3 aromatic rings. The Bertz CT molecular complexity index is 1110. The van der Waals surface area contributed by atoms with Crippen molar-refractivity contribution in [3.05, 3.63) is 58.1 Å². The van der Waals surface area contributed by atoms with Gasteiger partial charge in [0.05, 0.1) is 26.6 Å². The first-order chi connectivity index (χ1) is 15.1. The van der Waals surface area contributed by atoms with Crippen LogP contribution in [0.4, 0.5) is 11.4 Å². The molecule has 1 heterocycles. The topological polar surface area (TPSA) is 97.5 Å². The van der Waals surface area contributed by atoms with Gasteiger partial charge in [-0.1, -0.05) is 31.0 Å². The van der Waals surface area contributed by atoms with Gasteiger partial charge in [-0.25, -0.2) is 4.98 Å². The molecule has 1 N–H and O–H groups in total. The molecule has 31 heavy (non-hydrogen) atoms. The number of nitro benzene ring substituents is 1. The van der Waals surface area contributed by atoms with Gasteiger partial charge in [0.2, 0.25) is 5.91 Å². The van der Waals surface area contributed by atoms with Gasteiger partial charge in [0, 0.05) is 24.4 Å². The van der Waals surface area contributed by atoms with E-state index in [1.807, 2.05) is 18.2 Å². The molecule has 0 radical (unpaired) electrons. The number of thioether (sulfide) groups is 1. The van der Waals surface area contributed by atoms with E-state index in [2.05, 4.69) is 15.3 Å². The fourth-order valence-electron chi connectivity index (χ4n) is 3.51. The highest BCUT2D eigenvalue weighted by atomic mass is 32.2. The van der Waals surface area contributed by atoms with Crippen molar-refractivity contribution in [2.45, 2.75) is 42.5 Å². The Morgan fingerprint density at radius 1 is 1.23 bits per heavy atom. The van der Waals surface area contributed by atoms with Crippen molar-refractivity contribution in [1.29, 1.82) is 0 Å². The van der Waals surface area contributed by atoms with E-state index in [1.54, 1.807) is 29.7 Å². The standard InChI is InChI=1S/C22H22N4O3S2/c27-21(24-16-4-2-1-3-5-16)14-30-22-25-19-11-8-17(12-20(19)31-22)23-13-15-6-9-18(10-7-15)26(28)29/h6-13,16H,1-5,14H2,(H,24,27). The van der Waals surface area contributed by atoms with Crippen LogP contribution in [0.5, 0.6) is 0 Å². The summed E-state index contributed by atoms with van der Waals surface area (Å²) < 4.78 is 1.87. The zero-order valence-electron chi connectivity index (χ0n) is 16.8. The smallest absolute Gasteiger partial charge is 0.269 e. The van der Waals surface area contributed by atoms with E-state index in [-0.39, 0.29) is 11.6 Å². The Morgan fingerprint density at radius 3 is 2.74 bits per heavy atom. The Hall–Kier alpha value is -2.78. The number of aliphatic imine (C=N–C) groups is 1. The summed E-state index contributed by atoms with van der Waals surface area (Å²) in [5.74, 6) is 0.450. The summed E-state index contributed by atoms with van der Waals surface area (Å²) >= 11 is 3.01. The average Bonchev–Trinajstić information content (AvgIpc) is 3.19. The number of rotatable bonds is 7. The first kappa shape index (κ1) is 21.5. The number of carbonyl (C=O) groups excluding carboxylic acids is 1. The molecule has 2 aromatic carbocycles. The number of non-ortho nitro benzene ring substituents is 1. The molecule has 9 heteroatoms. The Balaban J connectivity index is 1.36. The minimum absolute atomic E-state index is 0.0562. The highest BCUT2D eigenvalue weighted by Gasteiger charge is 2.16. The number of aromatic nitrogens is 1. The molecule has 7 nitrogen and oxygen atoms in total. The Labute approximate surface area is 188 Å². The van der Waals surface area contributed by atoms with E-state index in [1.165, 1.54) is 43.2 Å². The number of nitro groups is 1. The Kier molecular flexibility index (Phi) is 6.93. The summed E-state index contributed by atoms with van der Waals surface area (Å²) in [7, 11) is 0. The van der Waals surface area contributed by atoms with Gasteiger partial charge in [-0.05, 0) is 48.7 Å². The fraction of sp³-hybridized carbons (Fsp3) is 0.318. The first-order valence-electron chi connectivity index (χ1n) is 10.2. The molecule has 1 saturated carbocycles. The lowest BCUT2D eigenvalue weighted by Crippen LogP contribution is -2.37. The number of amides is 1. The van der Waals surface area contributed by atoms with Gasteiger partial charge in [-0.15, -0.1) is 11.3 Å². The molecule has 1 fully saturated rings. The molecular formula is C22H22N4O3S2. The zero-order valence-corrected chi connectivity index (χ0v) is 18.5. The number of nitrogens with zero attached hydrogens (tertiary/aromatic N) is 3. The SMILES string of the molecule is O=C(CSc1nc2ccc(N=Cc3ccc([N+](=O)[O-])cc3)cc2s1)NC1CCCCC1. The molecule has 0 saturated heterocycles. The van der Waals surface area contributed by atoms with Gasteiger partial charge in [0.1, 0.15) is 0 Å². The fourth-order valence-corrected chi connectivity index (χ4v) is 5.42. The van der Waals surface area contributed by atoms with E-state index in [9.17, 15) is 14.9 Å². The largest absolute Gasteiger partial charge is 0.353 e. The predicted octanol–water partition coefficient (Wildman–Crippen LogP) is 5.50. The maximum atomic E-state index is 12.2. The molecule has 1 aromatic heterocycles. The summed E-state index contributed by atoms with van der Waals surface area (Å²) in [5, 5.41) is 13.9. The van der Waals surface area contributed by atoms with Crippen LogP contribution in [-0.2, 0) is 4.79 Å². The number of carbonyl (C=O) groups is 1. The third kappa shape index (κ3) is 5.89. The molecule has 0 unspecified atom stereocenters. The number of fused-ring (bicyclic) bond motifs is 1. The summed E-state index contributed by atoms with van der Waals surface area (Å²) in [6.07, 6.45) is 7.52. The van der Waals surface area contributed by atoms with Crippen molar-refractivity contribution >= 4 is 56.8 Å². The first-order valence-corrected chi connectivity index (χ1v) is 12.0. The average molecular weight is 455 g/mol. The van der Waals surface area contributed by atoms with Crippen LogP contribution >= 0.6 is 23.1 Å². The van der Waals surface area contributed by atoms with Gasteiger partial charge in [-0.2, -0.15) is 0 Å². The van der Waals surface area contributed by atoms with E-state index in [4.69, 9.17) is 0 Å². The van der Waals surface area contributed by atoms with Gasteiger partial charge < -0.3 is 5.32 Å². The summed E-state index contributed by atoms with van der Waals surface area (Å²) in [6.45, 7) is 0. The third-order valence-electron chi connectivity index (χ3n) is 5.12. The maximum absolute atomic E-state index is 12.2. The molecule has 0 atom stereocenters.